The van der Waals surface area contributed by atoms with Crippen LogP contribution in [0.3, 0.4) is 0 Å². The van der Waals surface area contributed by atoms with Gasteiger partial charge in [-0.2, -0.15) is 0 Å². The normalized spacial score (nSPS) is 13.6. The molecule has 0 spiro atoms. The maximum Gasteiger partial charge on any atom is -1.00 e. The smallest absolute Gasteiger partial charge is 1.00 e. The van der Waals surface area contributed by atoms with Crippen molar-refractivity contribution >= 4 is 3.21 Å². The molecule has 0 radical (unpaired) electrons. The second kappa shape index (κ2) is 13.7. The topological polar surface area (TPSA) is 0 Å². The molecule has 0 saturated heterocycles. The molecule has 0 N–H and O–H groups in total. The molecule has 46 heavy (non-hydrogen) atoms. The first-order valence-corrected chi connectivity index (χ1v) is 20.2. The van der Waals surface area contributed by atoms with Crippen molar-refractivity contribution in [2.75, 3.05) is 0 Å². The molecule has 0 nitrogen and oxygen atoms in total. The molecule has 4 aromatic carbocycles. The van der Waals surface area contributed by atoms with Gasteiger partial charge in [-0.05, 0) is 0 Å². The van der Waals surface area contributed by atoms with Gasteiger partial charge in [0, 0.05) is 0 Å². The minimum Gasteiger partial charge on any atom is -1.00 e. The maximum absolute atomic E-state index is 2.75. The SMILES string of the molecule is Cc1ccc([C](c2ccc(C)c(C)c2)=[Zr+2]([C]2=CC=CC2)[CH]2c3cc(C(C)(C)C)ccc3-c3ccc(C(C)(C)C)cc32)cc1C.[Cl-].[Cl-]. The molecule has 238 valence electrons. The van der Waals surface area contributed by atoms with Crippen LogP contribution in [0.15, 0.2) is 94.3 Å². The molecule has 2 aliphatic rings. The molecule has 0 fully saturated rings. The van der Waals surface area contributed by atoms with Gasteiger partial charge in [0.1, 0.15) is 0 Å². The number of rotatable bonds is 4. The summed E-state index contributed by atoms with van der Waals surface area (Å²) in [5, 5.41) is 0. The van der Waals surface area contributed by atoms with Gasteiger partial charge in [0.25, 0.3) is 0 Å². The van der Waals surface area contributed by atoms with E-state index < -0.39 is 21.3 Å². The van der Waals surface area contributed by atoms with Crippen LogP contribution in [-0.4, -0.2) is 3.21 Å². The predicted molar refractivity (Wildman–Crippen MR) is 188 cm³/mol. The summed E-state index contributed by atoms with van der Waals surface area (Å²) in [4.78, 5) is 0. The van der Waals surface area contributed by atoms with E-state index in [0.29, 0.717) is 3.63 Å². The van der Waals surface area contributed by atoms with Crippen molar-refractivity contribution in [3.63, 3.8) is 0 Å². The summed E-state index contributed by atoms with van der Waals surface area (Å²) in [5.41, 5.74) is 17.4. The average molecular weight is 727 g/mol. The third-order valence-electron chi connectivity index (χ3n) is 10.0. The molecule has 0 saturated carbocycles. The molecule has 6 rings (SSSR count). The Morgan fingerprint density at radius 3 is 1.41 bits per heavy atom. The third-order valence-corrected chi connectivity index (χ3v) is 18.3. The number of halogens is 2. The Kier molecular flexibility index (Phi) is 10.9. The van der Waals surface area contributed by atoms with E-state index in [4.69, 9.17) is 0 Å². The summed E-state index contributed by atoms with van der Waals surface area (Å²) in [7, 11) is 0. The van der Waals surface area contributed by atoms with Crippen molar-refractivity contribution in [2.45, 2.75) is 90.1 Å². The first-order valence-electron chi connectivity index (χ1n) is 16.3. The van der Waals surface area contributed by atoms with Crippen LogP contribution in [0, 0.1) is 27.7 Å². The largest absolute Gasteiger partial charge is 1.00 e. The van der Waals surface area contributed by atoms with Crippen molar-refractivity contribution in [2.24, 2.45) is 0 Å². The van der Waals surface area contributed by atoms with E-state index in [1.807, 2.05) is 0 Å². The van der Waals surface area contributed by atoms with E-state index >= 15 is 0 Å². The molecule has 2 aliphatic carbocycles. The van der Waals surface area contributed by atoms with Crippen LogP contribution in [0.2, 0.25) is 0 Å². The van der Waals surface area contributed by atoms with Crippen LogP contribution in [0.25, 0.3) is 11.1 Å². The van der Waals surface area contributed by atoms with E-state index in [0.717, 1.165) is 6.42 Å². The fourth-order valence-corrected chi connectivity index (χ4v) is 15.8. The number of benzene rings is 4. The average Bonchev–Trinajstić information content (AvgIpc) is 3.60. The zero-order valence-corrected chi connectivity index (χ0v) is 33.2. The predicted octanol–water partition coefficient (Wildman–Crippen LogP) is 5.32. The molecule has 0 heterocycles. The summed E-state index contributed by atoms with van der Waals surface area (Å²) < 4.78 is 3.75. The van der Waals surface area contributed by atoms with Gasteiger partial charge >= 0.3 is 276 Å². The van der Waals surface area contributed by atoms with Crippen LogP contribution < -0.4 is 24.8 Å². The minimum absolute atomic E-state index is 0. The van der Waals surface area contributed by atoms with Crippen LogP contribution in [-0.2, 0) is 32.1 Å². The van der Waals surface area contributed by atoms with Crippen molar-refractivity contribution in [3.05, 3.63) is 150 Å². The summed E-state index contributed by atoms with van der Waals surface area (Å²) >= 11 is -2.75. The van der Waals surface area contributed by atoms with Crippen molar-refractivity contribution in [1.29, 1.82) is 0 Å². The van der Waals surface area contributed by atoms with Crippen molar-refractivity contribution in [1.82, 2.24) is 0 Å². The zero-order valence-electron chi connectivity index (χ0n) is 29.2. The molecule has 3 heteroatoms. The van der Waals surface area contributed by atoms with Crippen molar-refractivity contribution in [3.8, 4) is 11.1 Å². The van der Waals surface area contributed by atoms with Crippen molar-refractivity contribution < 1.29 is 46.1 Å². The van der Waals surface area contributed by atoms with Gasteiger partial charge in [-0.25, -0.2) is 0 Å². The molecule has 0 atom stereocenters. The van der Waals surface area contributed by atoms with Gasteiger partial charge in [-0.1, -0.05) is 0 Å². The van der Waals surface area contributed by atoms with Gasteiger partial charge in [0.2, 0.25) is 0 Å². The Morgan fingerprint density at radius 2 is 1.04 bits per heavy atom. The third kappa shape index (κ3) is 6.81. The Morgan fingerprint density at radius 1 is 0.587 bits per heavy atom. The molecule has 0 bridgehead atoms. The summed E-state index contributed by atoms with van der Waals surface area (Å²) in [5.74, 6) is 0. The summed E-state index contributed by atoms with van der Waals surface area (Å²) in [6.45, 7) is 23.2. The molecule has 4 aromatic rings. The second-order valence-electron chi connectivity index (χ2n) is 15.2. The van der Waals surface area contributed by atoms with Crippen LogP contribution in [0.5, 0.6) is 0 Å². The number of hydrogen-bond acceptors (Lipinski definition) is 0. The Balaban J connectivity index is 0.00000240. The fourth-order valence-electron chi connectivity index (χ4n) is 6.91. The van der Waals surface area contributed by atoms with E-state index in [2.05, 4.69) is 160 Å². The molecular formula is C43H48Cl2Zr. The number of fused-ring (bicyclic) bond motifs is 3. The monoisotopic (exact) mass is 724 g/mol. The Hall–Kier alpha value is -2.31. The van der Waals surface area contributed by atoms with Gasteiger partial charge < -0.3 is 24.8 Å². The molecule has 0 aromatic heterocycles. The molecule has 0 amide bonds. The first kappa shape index (κ1) is 36.5. The van der Waals surface area contributed by atoms with E-state index in [9.17, 15) is 0 Å². The Bertz CT molecular complexity index is 1770. The quantitative estimate of drug-likeness (QED) is 0.267. The summed E-state index contributed by atoms with van der Waals surface area (Å²) in [6, 6.07) is 29.4. The molecule has 0 unspecified atom stereocenters. The van der Waals surface area contributed by atoms with E-state index in [1.165, 1.54) is 55.6 Å². The second-order valence-corrected chi connectivity index (χ2v) is 21.5. The van der Waals surface area contributed by atoms with Gasteiger partial charge in [-0.15, -0.1) is 0 Å². The van der Waals surface area contributed by atoms with Gasteiger partial charge in [0.05, 0.1) is 0 Å². The first-order chi connectivity index (χ1) is 20.7. The van der Waals surface area contributed by atoms with E-state index in [-0.39, 0.29) is 35.6 Å². The van der Waals surface area contributed by atoms with Crippen LogP contribution in [0.4, 0.5) is 0 Å². The number of aryl methyl sites for hydroxylation is 4. The number of allylic oxidation sites excluding steroid dienone is 4. The van der Waals surface area contributed by atoms with Crippen LogP contribution >= 0.6 is 0 Å². The van der Waals surface area contributed by atoms with Gasteiger partial charge in [0.15, 0.2) is 0 Å². The minimum atomic E-state index is -2.75. The number of hydrogen-bond donors (Lipinski definition) is 0. The Labute approximate surface area is 298 Å². The zero-order chi connectivity index (χ0) is 31.6. The van der Waals surface area contributed by atoms with Gasteiger partial charge in [-0.3, -0.25) is 0 Å². The maximum atomic E-state index is 2.60. The fraction of sp³-hybridized carbons (Fsp3) is 0.326. The van der Waals surface area contributed by atoms with E-state index in [1.54, 1.807) is 17.6 Å². The molecular weight excluding hydrogens is 679 g/mol. The summed E-state index contributed by atoms with van der Waals surface area (Å²) in [6.07, 6.45) is 8.28. The molecule has 0 aliphatic heterocycles. The van der Waals surface area contributed by atoms with Crippen LogP contribution in [0.1, 0.15) is 107 Å². The standard InChI is InChI=1S/C21H25.C17H18.C5H5.2ClH.Zr/c1-20(2,3)16-7-9-18-14(12-16)11-15-13-17(21(4,5)6)8-10-19(15)18;1-12-5-7-16(9-14(12)3)11-17-8-6-13(2)15(4)10-17;1-2-4-5-3-1;;;/h7-13H,1-6H3;5-10H,1-4H3;1-3H,4H2;2*1H;/q;;;;;+2/p-2.